The van der Waals surface area contributed by atoms with Crippen LogP contribution in [0.1, 0.15) is 5.56 Å². The zero-order valence-electron chi connectivity index (χ0n) is 10.3. The average molecular weight is 311 g/mol. The van der Waals surface area contributed by atoms with Gasteiger partial charge in [0.25, 0.3) is 0 Å². The molecule has 0 radical (unpaired) electrons. The average Bonchev–Trinajstić information content (AvgIpc) is 2.77. The molecule has 2 rings (SSSR count). The summed E-state index contributed by atoms with van der Waals surface area (Å²) in [5.74, 6) is 1.39. The number of aromatic nitrogens is 4. The third-order valence-corrected chi connectivity index (χ3v) is 3.01. The maximum absolute atomic E-state index is 4.33. The lowest BCUT2D eigenvalue weighted by Gasteiger charge is -2.08. The summed E-state index contributed by atoms with van der Waals surface area (Å²) in [7, 11) is 3.71. The van der Waals surface area contributed by atoms with Gasteiger partial charge in [0, 0.05) is 33.0 Å². The van der Waals surface area contributed by atoms with Crippen molar-refractivity contribution in [3.8, 4) is 0 Å². The van der Waals surface area contributed by atoms with Crippen LogP contribution in [0.2, 0.25) is 0 Å². The number of aryl methyl sites for hydroxylation is 1. The van der Waals surface area contributed by atoms with Crippen LogP contribution >= 0.6 is 15.9 Å². The van der Waals surface area contributed by atoms with Crippen LogP contribution in [0.5, 0.6) is 0 Å². The zero-order chi connectivity index (χ0) is 13.0. The van der Waals surface area contributed by atoms with Crippen molar-refractivity contribution in [2.45, 2.75) is 6.42 Å². The fourth-order valence-electron chi connectivity index (χ4n) is 1.54. The lowest BCUT2D eigenvalue weighted by Crippen LogP contribution is -2.08. The van der Waals surface area contributed by atoms with Gasteiger partial charge < -0.3 is 10.6 Å². The van der Waals surface area contributed by atoms with Crippen LogP contribution in [0.3, 0.4) is 0 Å². The van der Waals surface area contributed by atoms with Crippen molar-refractivity contribution in [3.05, 3.63) is 28.6 Å². The van der Waals surface area contributed by atoms with Gasteiger partial charge in [-0.15, -0.1) is 0 Å². The van der Waals surface area contributed by atoms with E-state index in [4.69, 9.17) is 0 Å². The summed E-state index contributed by atoms with van der Waals surface area (Å²) < 4.78 is 2.65. The van der Waals surface area contributed by atoms with Crippen molar-refractivity contribution in [2.24, 2.45) is 7.05 Å². The zero-order valence-corrected chi connectivity index (χ0v) is 11.9. The van der Waals surface area contributed by atoms with Crippen LogP contribution in [-0.4, -0.2) is 33.3 Å². The number of rotatable bonds is 5. The summed E-state index contributed by atoms with van der Waals surface area (Å²) >= 11 is 3.42. The van der Waals surface area contributed by atoms with E-state index >= 15 is 0 Å². The Kier molecular flexibility index (Phi) is 4.14. The summed E-state index contributed by atoms with van der Waals surface area (Å²) in [6, 6.07) is 0. The van der Waals surface area contributed by atoms with E-state index < -0.39 is 0 Å². The van der Waals surface area contributed by atoms with E-state index in [1.165, 1.54) is 5.56 Å². The molecule has 0 saturated carbocycles. The third kappa shape index (κ3) is 3.19. The van der Waals surface area contributed by atoms with Crippen molar-refractivity contribution in [2.75, 3.05) is 24.2 Å². The number of halogens is 1. The lowest BCUT2D eigenvalue weighted by atomic mass is 10.2. The molecule has 0 aliphatic heterocycles. The summed E-state index contributed by atoms with van der Waals surface area (Å²) in [4.78, 5) is 8.43. The van der Waals surface area contributed by atoms with Gasteiger partial charge in [0.1, 0.15) is 5.82 Å². The second-order valence-corrected chi connectivity index (χ2v) is 4.69. The van der Waals surface area contributed by atoms with E-state index in [-0.39, 0.29) is 0 Å². The first-order chi connectivity index (χ1) is 8.69. The number of anilines is 2. The van der Waals surface area contributed by atoms with Gasteiger partial charge in [0.15, 0.2) is 0 Å². The maximum atomic E-state index is 4.33. The van der Waals surface area contributed by atoms with E-state index in [2.05, 4.69) is 41.6 Å². The van der Waals surface area contributed by atoms with Gasteiger partial charge in [-0.25, -0.2) is 4.98 Å². The Hall–Kier alpha value is -1.63. The van der Waals surface area contributed by atoms with Gasteiger partial charge in [0.05, 0.1) is 10.7 Å². The minimum absolute atomic E-state index is 0.599. The Bertz CT molecular complexity index is 524. The Balaban J connectivity index is 1.93. The first-order valence-electron chi connectivity index (χ1n) is 5.60. The monoisotopic (exact) mass is 310 g/mol. The minimum atomic E-state index is 0.599. The van der Waals surface area contributed by atoms with E-state index in [1.54, 1.807) is 17.9 Å². The first-order valence-corrected chi connectivity index (χ1v) is 6.40. The molecule has 0 spiro atoms. The molecular weight excluding hydrogens is 296 g/mol. The molecule has 2 aromatic heterocycles. The Morgan fingerprint density at radius 1 is 1.39 bits per heavy atom. The van der Waals surface area contributed by atoms with Crippen molar-refractivity contribution >= 4 is 27.7 Å². The topological polar surface area (TPSA) is 67.7 Å². The molecule has 2 aromatic rings. The molecule has 0 unspecified atom stereocenters. The molecule has 7 heteroatoms. The molecule has 96 valence electrons. The molecule has 0 aliphatic carbocycles. The molecule has 0 atom stereocenters. The fourth-order valence-corrected chi connectivity index (χ4v) is 1.87. The highest BCUT2D eigenvalue weighted by Gasteiger charge is 2.04. The summed E-state index contributed by atoms with van der Waals surface area (Å²) in [6.07, 6.45) is 6.51. The molecule has 2 N–H and O–H groups in total. The van der Waals surface area contributed by atoms with Gasteiger partial charge in [-0.1, -0.05) is 0 Å². The van der Waals surface area contributed by atoms with Crippen molar-refractivity contribution < 1.29 is 0 Å². The SMILES string of the molecule is CNc1ncc(Br)c(NCCc2cnn(C)c2)n1. The normalized spacial score (nSPS) is 10.4. The smallest absolute Gasteiger partial charge is 0.224 e. The van der Waals surface area contributed by atoms with Gasteiger partial charge in [0.2, 0.25) is 5.95 Å². The highest BCUT2D eigenvalue weighted by molar-refractivity contribution is 9.10. The van der Waals surface area contributed by atoms with Crippen LogP contribution in [0.15, 0.2) is 23.1 Å². The highest BCUT2D eigenvalue weighted by atomic mass is 79.9. The molecule has 0 amide bonds. The number of nitrogens with zero attached hydrogens (tertiary/aromatic N) is 4. The minimum Gasteiger partial charge on any atom is -0.369 e. The predicted molar refractivity (Wildman–Crippen MR) is 74.7 cm³/mol. The van der Waals surface area contributed by atoms with E-state index in [9.17, 15) is 0 Å². The molecule has 0 bridgehead atoms. The molecule has 0 fully saturated rings. The van der Waals surface area contributed by atoms with Crippen LogP contribution in [0, 0.1) is 0 Å². The maximum Gasteiger partial charge on any atom is 0.224 e. The predicted octanol–water partition coefficient (Wildman–Crippen LogP) is 1.67. The summed E-state index contributed by atoms with van der Waals surface area (Å²) in [6.45, 7) is 0.796. The van der Waals surface area contributed by atoms with Gasteiger partial charge in [-0.3, -0.25) is 4.68 Å². The Labute approximate surface area is 114 Å². The van der Waals surface area contributed by atoms with E-state index in [0.29, 0.717) is 5.95 Å². The second kappa shape index (κ2) is 5.81. The van der Waals surface area contributed by atoms with Crippen LogP contribution < -0.4 is 10.6 Å². The van der Waals surface area contributed by atoms with Crippen LogP contribution in [0.25, 0.3) is 0 Å². The quantitative estimate of drug-likeness (QED) is 0.879. The molecule has 6 nitrogen and oxygen atoms in total. The Morgan fingerprint density at radius 2 is 2.22 bits per heavy atom. The van der Waals surface area contributed by atoms with Crippen molar-refractivity contribution in [3.63, 3.8) is 0 Å². The molecule has 2 heterocycles. The summed E-state index contributed by atoms with van der Waals surface area (Å²) in [5, 5.41) is 10.3. The van der Waals surface area contributed by atoms with Gasteiger partial charge in [-0.05, 0) is 27.9 Å². The summed E-state index contributed by atoms with van der Waals surface area (Å²) in [5.41, 5.74) is 1.20. The Morgan fingerprint density at radius 3 is 2.89 bits per heavy atom. The highest BCUT2D eigenvalue weighted by Crippen LogP contribution is 2.19. The number of hydrogen-bond donors (Lipinski definition) is 2. The largest absolute Gasteiger partial charge is 0.369 e. The van der Waals surface area contributed by atoms with E-state index in [0.717, 1.165) is 23.3 Å². The van der Waals surface area contributed by atoms with Crippen molar-refractivity contribution in [1.29, 1.82) is 0 Å². The molecular formula is C11H15BrN6. The van der Waals surface area contributed by atoms with E-state index in [1.807, 2.05) is 19.4 Å². The standard InChI is InChI=1S/C11H15BrN6/c1-13-11-15-6-9(12)10(17-11)14-4-3-8-5-16-18(2)7-8/h5-7H,3-4H2,1-2H3,(H2,13,14,15,17). The number of nitrogens with one attached hydrogen (secondary N) is 2. The number of hydrogen-bond acceptors (Lipinski definition) is 5. The fraction of sp³-hybridized carbons (Fsp3) is 0.364. The van der Waals surface area contributed by atoms with Crippen LogP contribution in [-0.2, 0) is 13.5 Å². The third-order valence-electron chi connectivity index (χ3n) is 2.43. The van der Waals surface area contributed by atoms with Gasteiger partial charge in [-0.2, -0.15) is 10.1 Å². The second-order valence-electron chi connectivity index (χ2n) is 3.84. The molecule has 0 aliphatic rings. The van der Waals surface area contributed by atoms with Crippen LogP contribution in [0.4, 0.5) is 11.8 Å². The first kappa shape index (κ1) is 12.8. The van der Waals surface area contributed by atoms with Crippen molar-refractivity contribution in [1.82, 2.24) is 19.7 Å². The molecule has 0 aromatic carbocycles. The van der Waals surface area contributed by atoms with Gasteiger partial charge >= 0.3 is 0 Å². The molecule has 18 heavy (non-hydrogen) atoms. The lowest BCUT2D eigenvalue weighted by molar-refractivity contribution is 0.767. The molecule has 0 saturated heterocycles.